The molecule has 0 aliphatic heterocycles. The first-order valence-electron chi connectivity index (χ1n) is 6.77. The summed E-state index contributed by atoms with van der Waals surface area (Å²) in [4.78, 5) is 3.42. The van der Waals surface area contributed by atoms with Crippen LogP contribution in [0.1, 0.15) is 11.8 Å². The van der Waals surface area contributed by atoms with Crippen LogP contribution in [0, 0.1) is 0 Å². The minimum atomic E-state index is 0.177. The highest BCUT2D eigenvalue weighted by Gasteiger charge is 2.05. The van der Waals surface area contributed by atoms with Crippen LogP contribution >= 0.6 is 43.2 Å². The molecule has 0 atom stereocenters. The van der Waals surface area contributed by atoms with Gasteiger partial charge in [0.05, 0.1) is 10.4 Å². The van der Waals surface area contributed by atoms with Crippen molar-refractivity contribution in [3.63, 3.8) is 0 Å². The van der Waals surface area contributed by atoms with E-state index in [2.05, 4.69) is 79.3 Å². The highest BCUT2D eigenvalue weighted by molar-refractivity contribution is 9.13. The molecule has 0 saturated heterocycles. The van der Waals surface area contributed by atoms with E-state index in [0.29, 0.717) is 6.54 Å². The molecule has 3 nitrogen and oxygen atoms in total. The molecular weight excluding hydrogens is 416 g/mol. The van der Waals surface area contributed by atoms with E-state index in [1.54, 1.807) is 11.3 Å². The molecule has 0 unspecified atom stereocenters. The van der Waals surface area contributed by atoms with Crippen LogP contribution in [-0.4, -0.2) is 24.8 Å². The van der Waals surface area contributed by atoms with E-state index in [-0.39, 0.29) is 6.61 Å². The van der Waals surface area contributed by atoms with Crippen molar-refractivity contribution in [3.05, 3.63) is 43.5 Å². The fourth-order valence-electron chi connectivity index (χ4n) is 2.05. The number of aliphatic hydroxyl groups is 1. The first-order chi connectivity index (χ1) is 10.1. The zero-order chi connectivity index (χ0) is 15.2. The predicted octanol–water partition coefficient (Wildman–Crippen LogP) is 4.70. The van der Waals surface area contributed by atoms with Crippen LogP contribution in [0.2, 0.25) is 0 Å². The van der Waals surface area contributed by atoms with Crippen molar-refractivity contribution >= 4 is 54.6 Å². The third-order valence-corrected chi connectivity index (χ3v) is 6.40. The maximum absolute atomic E-state index is 9.06. The van der Waals surface area contributed by atoms with Gasteiger partial charge in [-0.2, -0.15) is 0 Å². The number of aliphatic hydroxyl groups excluding tert-OH is 1. The molecular formula is C15H18Br2N2OS. The minimum absolute atomic E-state index is 0.177. The third kappa shape index (κ3) is 4.71. The van der Waals surface area contributed by atoms with Crippen LogP contribution in [0.25, 0.3) is 0 Å². The standard InChI is InChI=1S/C15H18Br2N2OS/c1-2-19(7-8-20)12-5-3-11(4-6-12)18-10-13-9-14(16)15(17)21-13/h3-6,9,18,20H,2,7-8,10H2,1H3. The summed E-state index contributed by atoms with van der Waals surface area (Å²) in [5, 5.41) is 12.5. The molecule has 0 bridgehead atoms. The van der Waals surface area contributed by atoms with Gasteiger partial charge in [-0.05, 0) is 69.1 Å². The first-order valence-corrected chi connectivity index (χ1v) is 9.17. The molecule has 6 heteroatoms. The van der Waals surface area contributed by atoms with Crippen molar-refractivity contribution in [2.45, 2.75) is 13.5 Å². The van der Waals surface area contributed by atoms with Crippen molar-refractivity contribution < 1.29 is 5.11 Å². The van der Waals surface area contributed by atoms with Gasteiger partial charge in [0.15, 0.2) is 0 Å². The summed E-state index contributed by atoms with van der Waals surface area (Å²) in [5.41, 5.74) is 2.23. The van der Waals surface area contributed by atoms with E-state index in [9.17, 15) is 0 Å². The summed E-state index contributed by atoms with van der Waals surface area (Å²) >= 11 is 8.73. The smallest absolute Gasteiger partial charge is 0.0843 e. The van der Waals surface area contributed by atoms with Crippen LogP contribution in [0.15, 0.2) is 38.6 Å². The number of likely N-dealkylation sites (N-methyl/N-ethyl adjacent to an activating group) is 1. The van der Waals surface area contributed by atoms with Crippen LogP contribution in [-0.2, 0) is 6.54 Å². The number of benzene rings is 1. The molecule has 0 saturated carbocycles. The average molecular weight is 434 g/mol. The zero-order valence-corrected chi connectivity index (χ0v) is 15.8. The Morgan fingerprint density at radius 2 is 1.95 bits per heavy atom. The minimum Gasteiger partial charge on any atom is -0.395 e. The Bertz CT molecular complexity index is 552. The van der Waals surface area contributed by atoms with Gasteiger partial charge in [-0.25, -0.2) is 0 Å². The molecule has 0 radical (unpaired) electrons. The van der Waals surface area contributed by atoms with Crippen molar-refractivity contribution in [2.24, 2.45) is 0 Å². The molecule has 1 heterocycles. The van der Waals surface area contributed by atoms with Crippen LogP contribution in [0.3, 0.4) is 0 Å². The Kier molecular flexibility index (Phi) is 6.54. The van der Waals surface area contributed by atoms with Crippen LogP contribution in [0.4, 0.5) is 11.4 Å². The number of anilines is 2. The van der Waals surface area contributed by atoms with Gasteiger partial charge in [-0.15, -0.1) is 11.3 Å². The van der Waals surface area contributed by atoms with Gasteiger partial charge >= 0.3 is 0 Å². The van der Waals surface area contributed by atoms with E-state index in [1.165, 1.54) is 4.88 Å². The fraction of sp³-hybridized carbons (Fsp3) is 0.333. The zero-order valence-electron chi connectivity index (χ0n) is 11.8. The molecule has 0 spiro atoms. The monoisotopic (exact) mass is 432 g/mol. The summed E-state index contributed by atoms with van der Waals surface area (Å²) in [6.07, 6.45) is 0. The molecule has 1 aromatic carbocycles. The molecule has 0 aliphatic carbocycles. The average Bonchev–Trinajstić information content (AvgIpc) is 2.82. The van der Waals surface area contributed by atoms with E-state index in [0.717, 1.165) is 32.7 Å². The van der Waals surface area contributed by atoms with Gasteiger partial charge in [0, 0.05) is 40.4 Å². The lowest BCUT2D eigenvalue weighted by molar-refractivity contribution is 0.302. The van der Waals surface area contributed by atoms with Crippen molar-refractivity contribution in [1.82, 2.24) is 0 Å². The topological polar surface area (TPSA) is 35.5 Å². The maximum atomic E-state index is 9.06. The Morgan fingerprint density at radius 1 is 1.24 bits per heavy atom. The Hall–Kier alpha value is -0.560. The molecule has 0 fully saturated rings. The van der Waals surface area contributed by atoms with Gasteiger partial charge in [-0.1, -0.05) is 0 Å². The third-order valence-electron chi connectivity index (χ3n) is 3.15. The summed E-state index contributed by atoms with van der Waals surface area (Å²) in [6.45, 7) is 4.64. The second-order valence-electron chi connectivity index (χ2n) is 4.54. The molecule has 2 aromatic rings. The van der Waals surface area contributed by atoms with Gasteiger partial charge < -0.3 is 15.3 Å². The van der Waals surface area contributed by atoms with Crippen molar-refractivity contribution in [3.8, 4) is 0 Å². The largest absolute Gasteiger partial charge is 0.395 e. The van der Waals surface area contributed by atoms with E-state index >= 15 is 0 Å². The quantitative estimate of drug-likeness (QED) is 0.663. The number of halogens is 2. The second-order valence-corrected chi connectivity index (χ2v) is 7.85. The Morgan fingerprint density at radius 3 is 2.48 bits per heavy atom. The summed E-state index contributed by atoms with van der Waals surface area (Å²) in [6, 6.07) is 10.4. The normalized spacial score (nSPS) is 10.7. The van der Waals surface area contributed by atoms with E-state index in [1.807, 2.05) is 0 Å². The predicted molar refractivity (Wildman–Crippen MR) is 98.5 cm³/mol. The number of rotatable bonds is 7. The molecule has 2 rings (SSSR count). The molecule has 1 aromatic heterocycles. The van der Waals surface area contributed by atoms with Crippen LogP contribution in [0.5, 0.6) is 0 Å². The maximum Gasteiger partial charge on any atom is 0.0843 e. The lowest BCUT2D eigenvalue weighted by atomic mass is 10.2. The SMILES string of the molecule is CCN(CCO)c1ccc(NCc2cc(Br)c(Br)s2)cc1. The first kappa shape index (κ1) is 16.8. The number of thiophene rings is 1. The number of hydrogen-bond acceptors (Lipinski definition) is 4. The van der Waals surface area contributed by atoms with Gasteiger partial charge in [0.2, 0.25) is 0 Å². The van der Waals surface area contributed by atoms with Gasteiger partial charge in [-0.3, -0.25) is 0 Å². The van der Waals surface area contributed by atoms with E-state index in [4.69, 9.17) is 5.11 Å². The molecule has 114 valence electrons. The second kappa shape index (κ2) is 8.17. The molecule has 0 amide bonds. The van der Waals surface area contributed by atoms with Crippen LogP contribution < -0.4 is 10.2 Å². The lowest BCUT2D eigenvalue weighted by Gasteiger charge is -2.22. The lowest BCUT2D eigenvalue weighted by Crippen LogP contribution is -2.25. The number of nitrogens with one attached hydrogen (secondary N) is 1. The molecule has 2 N–H and O–H groups in total. The Balaban J connectivity index is 1.95. The van der Waals surface area contributed by atoms with Gasteiger partial charge in [0.25, 0.3) is 0 Å². The molecule has 0 aliphatic rings. The highest BCUT2D eigenvalue weighted by atomic mass is 79.9. The summed E-state index contributed by atoms with van der Waals surface area (Å²) < 4.78 is 2.22. The highest BCUT2D eigenvalue weighted by Crippen LogP contribution is 2.32. The molecule has 21 heavy (non-hydrogen) atoms. The fourth-order valence-corrected chi connectivity index (χ4v) is 4.16. The summed E-state index contributed by atoms with van der Waals surface area (Å²) in [7, 11) is 0. The number of hydrogen-bond donors (Lipinski definition) is 2. The van der Waals surface area contributed by atoms with Crippen molar-refractivity contribution in [2.75, 3.05) is 29.9 Å². The van der Waals surface area contributed by atoms with Gasteiger partial charge in [0.1, 0.15) is 0 Å². The number of nitrogens with zero attached hydrogens (tertiary/aromatic N) is 1. The Labute approximate surface area is 146 Å². The van der Waals surface area contributed by atoms with Crippen molar-refractivity contribution in [1.29, 1.82) is 0 Å². The van der Waals surface area contributed by atoms with E-state index < -0.39 is 0 Å². The summed E-state index contributed by atoms with van der Waals surface area (Å²) in [5.74, 6) is 0.